The van der Waals surface area contributed by atoms with Crippen molar-refractivity contribution in [1.29, 1.82) is 0 Å². The quantitative estimate of drug-likeness (QED) is 0.124. The maximum absolute atomic E-state index is 10.9. The number of hydrogen-bond donors (Lipinski definition) is 2. The predicted molar refractivity (Wildman–Crippen MR) is 143 cm³/mol. The summed E-state index contributed by atoms with van der Waals surface area (Å²) < 4.78 is 0.0647. The van der Waals surface area contributed by atoms with Crippen LogP contribution in [0.4, 0.5) is 0 Å². The molecule has 2 rings (SSSR count). The van der Waals surface area contributed by atoms with E-state index < -0.39 is 11.9 Å². The molecule has 0 aromatic heterocycles. The zero-order valence-electron chi connectivity index (χ0n) is 19.0. The highest BCUT2D eigenvalue weighted by molar-refractivity contribution is 8.16. The summed E-state index contributed by atoms with van der Waals surface area (Å²) in [5, 5.41) is 18.0. The molecule has 0 amide bonds. The number of thioether (sulfide) groups is 3. The maximum atomic E-state index is 10.9. The van der Waals surface area contributed by atoms with Crippen LogP contribution >= 0.6 is 35.3 Å². The van der Waals surface area contributed by atoms with E-state index in [1.165, 1.54) is 41.7 Å². The molecule has 4 nitrogen and oxygen atoms in total. The molecule has 0 aliphatic heterocycles. The van der Waals surface area contributed by atoms with Gasteiger partial charge >= 0.3 is 11.9 Å². The summed E-state index contributed by atoms with van der Waals surface area (Å²) in [6.45, 7) is 0. The van der Waals surface area contributed by atoms with E-state index >= 15 is 0 Å². The largest absolute Gasteiger partial charge is 0.481 e. The van der Waals surface area contributed by atoms with E-state index in [-0.39, 0.29) is 17.4 Å². The second-order valence-electron chi connectivity index (χ2n) is 7.74. The average Bonchev–Trinajstić information content (AvgIpc) is 2.80. The molecule has 2 aromatic carbocycles. The molecule has 0 saturated carbocycles. The third kappa shape index (κ3) is 12.5. The third-order valence-corrected chi connectivity index (χ3v) is 8.99. The summed E-state index contributed by atoms with van der Waals surface area (Å²) in [5.41, 5.74) is 2.51. The van der Waals surface area contributed by atoms with Gasteiger partial charge in [0.1, 0.15) is 0 Å². The second-order valence-corrected chi connectivity index (χ2v) is 11.6. The molecule has 0 bridgehead atoms. The highest BCUT2D eigenvalue weighted by Gasteiger charge is 2.17. The SMILES string of the molecule is O=C(O)CCSC(SCCC(=O)O)c1ccccc1CCCCCCCSc1ccccc1. The van der Waals surface area contributed by atoms with E-state index in [4.69, 9.17) is 10.2 Å². The Labute approximate surface area is 210 Å². The molecule has 0 unspecified atom stereocenters. The molecule has 7 heteroatoms. The lowest BCUT2D eigenvalue weighted by molar-refractivity contribution is -0.137. The number of hydrogen-bond acceptors (Lipinski definition) is 5. The van der Waals surface area contributed by atoms with E-state index in [0.29, 0.717) is 11.5 Å². The first-order valence-corrected chi connectivity index (χ1v) is 14.6. The van der Waals surface area contributed by atoms with E-state index in [1.807, 2.05) is 23.9 Å². The van der Waals surface area contributed by atoms with Crippen LogP contribution in [-0.2, 0) is 16.0 Å². The number of unbranched alkanes of at least 4 members (excludes halogenated alkanes) is 4. The first kappa shape index (κ1) is 27.7. The number of rotatable bonds is 18. The fourth-order valence-corrected chi connectivity index (χ4v) is 7.11. The van der Waals surface area contributed by atoms with Gasteiger partial charge in [0.2, 0.25) is 0 Å². The number of carboxylic acids is 2. The lowest BCUT2D eigenvalue weighted by Crippen LogP contribution is -2.03. The Kier molecular flexibility index (Phi) is 14.2. The molecule has 0 heterocycles. The minimum Gasteiger partial charge on any atom is -0.481 e. The predicted octanol–water partition coefficient (Wildman–Crippen LogP) is 7.39. The second kappa shape index (κ2) is 17.0. The first-order valence-electron chi connectivity index (χ1n) is 11.5. The molecule has 0 aliphatic carbocycles. The van der Waals surface area contributed by atoms with Crippen molar-refractivity contribution in [3.63, 3.8) is 0 Å². The molecular weight excluding hydrogens is 472 g/mol. The topological polar surface area (TPSA) is 74.6 Å². The molecule has 0 atom stereocenters. The Morgan fingerprint density at radius 2 is 1.27 bits per heavy atom. The van der Waals surface area contributed by atoms with Crippen LogP contribution in [0.5, 0.6) is 0 Å². The molecular formula is C26H34O4S3. The Morgan fingerprint density at radius 1 is 0.697 bits per heavy atom. The summed E-state index contributed by atoms with van der Waals surface area (Å²) in [6.07, 6.45) is 7.30. The first-order chi connectivity index (χ1) is 16.1. The smallest absolute Gasteiger partial charge is 0.304 e. The van der Waals surface area contributed by atoms with Gasteiger partial charge in [0.15, 0.2) is 0 Å². The lowest BCUT2D eigenvalue weighted by atomic mass is 10.0. The van der Waals surface area contributed by atoms with Gasteiger partial charge < -0.3 is 10.2 Å². The van der Waals surface area contributed by atoms with Gasteiger partial charge in [-0.2, -0.15) is 0 Å². The van der Waals surface area contributed by atoms with Gasteiger partial charge in [-0.25, -0.2) is 0 Å². The lowest BCUT2D eigenvalue weighted by Gasteiger charge is -2.20. The van der Waals surface area contributed by atoms with Crippen molar-refractivity contribution in [1.82, 2.24) is 0 Å². The molecule has 0 fully saturated rings. The summed E-state index contributed by atoms with van der Waals surface area (Å²) in [6, 6.07) is 18.9. The fourth-order valence-electron chi connectivity index (χ4n) is 3.38. The van der Waals surface area contributed by atoms with Gasteiger partial charge in [-0.05, 0) is 48.3 Å². The van der Waals surface area contributed by atoms with Crippen molar-refractivity contribution in [3.8, 4) is 0 Å². The van der Waals surface area contributed by atoms with Gasteiger partial charge in [-0.1, -0.05) is 61.7 Å². The van der Waals surface area contributed by atoms with Crippen molar-refractivity contribution < 1.29 is 19.8 Å². The third-order valence-electron chi connectivity index (χ3n) is 5.08. The van der Waals surface area contributed by atoms with Crippen LogP contribution < -0.4 is 0 Å². The molecule has 0 radical (unpaired) electrons. The highest BCUT2D eigenvalue weighted by Crippen LogP contribution is 2.42. The van der Waals surface area contributed by atoms with Gasteiger partial charge in [0.25, 0.3) is 0 Å². The van der Waals surface area contributed by atoms with E-state index in [9.17, 15) is 9.59 Å². The van der Waals surface area contributed by atoms with Crippen molar-refractivity contribution in [2.75, 3.05) is 17.3 Å². The Morgan fingerprint density at radius 3 is 1.94 bits per heavy atom. The van der Waals surface area contributed by atoms with Crippen molar-refractivity contribution in [2.45, 2.75) is 60.8 Å². The van der Waals surface area contributed by atoms with Crippen LogP contribution in [-0.4, -0.2) is 39.4 Å². The van der Waals surface area contributed by atoms with E-state index in [2.05, 4.69) is 42.5 Å². The Balaban J connectivity index is 1.76. The van der Waals surface area contributed by atoms with Crippen molar-refractivity contribution >= 4 is 47.2 Å². The molecule has 2 N–H and O–H groups in total. The van der Waals surface area contributed by atoms with Gasteiger partial charge in [-0.15, -0.1) is 35.3 Å². The van der Waals surface area contributed by atoms with E-state index in [1.54, 1.807) is 23.5 Å². The fraction of sp³-hybridized carbons (Fsp3) is 0.462. The highest BCUT2D eigenvalue weighted by atomic mass is 32.2. The molecule has 180 valence electrons. The van der Waals surface area contributed by atoms with Crippen LogP contribution in [0, 0.1) is 0 Å². The molecule has 2 aromatic rings. The molecule has 0 aliphatic rings. The van der Waals surface area contributed by atoms with Crippen LogP contribution in [0.25, 0.3) is 0 Å². The standard InChI is InChI=1S/C26H34O4S3/c27-24(28)16-19-32-26(33-20-17-25(29)30)23-15-9-8-12-21(23)11-5-2-1-3-10-18-31-22-13-6-4-7-14-22/h4,6-9,12-15,26H,1-3,5,10-11,16-20H2,(H,27,28)(H,29,30). The normalized spacial score (nSPS) is 11.1. The summed E-state index contributed by atoms with van der Waals surface area (Å²) in [7, 11) is 0. The number of benzene rings is 2. The van der Waals surface area contributed by atoms with Gasteiger partial charge in [-0.3, -0.25) is 9.59 Å². The number of aliphatic carboxylic acids is 2. The summed E-state index contributed by atoms with van der Waals surface area (Å²) in [4.78, 5) is 23.2. The minimum atomic E-state index is -0.799. The van der Waals surface area contributed by atoms with Gasteiger partial charge in [0, 0.05) is 16.4 Å². The molecule has 0 spiro atoms. The maximum Gasteiger partial charge on any atom is 0.304 e. The molecule has 33 heavy (non-hydrogen) atoms. The summed E-state index contributed by atoms with van der Waals surface area (Å²) in [5.74, 6) is 0.611. The Bertz CT molecular complexity index is 809. The number of carboxylic acid groups (broad SMARTS) is 2. The molecule has 0 saturated heterocycles. The monoisotopic (exact) mass is 506 g/mol. The number of carbonyl (C=O) groups is 2. The minimum absolute atomic E-state index is 0.0647. The average molecular weight is 507 g/mol. The van der Waals surface area contributed by atoms with Crippen LogP contribution in [0.15, 0.2) is 59.5 Å². The van der Waals surface area contributed by atoms with Crippen molar-refractivity contribution in [2.24, 2.45) is 0 Å². The van der Waals surface area contributed by atoms with Crippen LogP contribution in [0.3, 0.4) is 0 Å². The van der Waals surface area contributed by atoms with Crippen molar-refractivity contribution in [3.05, 3.63) is 65.7 Å². The Hall–Kier alpha value is -1.57. The van der Waals surface area contributed by atoms with E-state index in [0.717, 1.165) is 18.6 Å². The van der Waals surface area contributed by atoms with Gasteiger partial charge in [0.05, 0.1) is 17.4 Å². The zero-order chi connectivity index (χ0) is 23.7. The van der Waals surface area contributed by atoms with Crippen LogP contribution in [0.2, 0.25) is 0 Å². The number of aryl methyl sites for hydroxylation is 1. The van der Waals surface area contributed by atoms with Crippen LogP contribution in [0.1, 0.15) is 60.7 Å². The zero-order valence-corrected chi connectivity index (χ0v) is 21.4. The summed E-state index contributed by atoms with van der Waals surface area (Å²) >= 11 is 5.14.